The van der Waals surface area contributed by atoms with E-state index in [0.717, 1.165) is 0 Å². The van der Waals surface area contributed by atoms with Crippen LogP contribution in [0.25, 0.3) is 0 Å². The third-order valence-electron chi connectivity index (χ3n) is 0. The molecule has 0 aromatic carbocycles. The van der Waals surface area contributed by atoms with Crippen molar-refractivity contribution in [1.29, 1.82) is 0 Å². The molecule has 0 unspecified atom stereocenters. The molecule has 0 aliphatic carbocycles. The van der Waals surface area contributed by atoms with Gasteiger partial charge in [0.2, 0.25) is 0 Å². The summed E-state index contributed by atoms with van der Waals surface area (Å²) in [6.45, 7) is 13.6. The van der Waals surface area contributed by atoms with Crippen molar-refractivity contribution in [3.8, 4) is 0 Å². The Morgan fingerprint density at radius 1 is 0.727 bits per heavy atom. The molecule has 0 nitrogen and oxygen atoms in total. The minimum atomic E-state index is 0.120. The van der Waals surface area contributed by atoms with Gasteiger partial charge in [-0.05, 0) is 15.8 Å². The molecule has 0 heterocycles. The summed E-state index contributed by atoms with van der Waals surface area (Å²) in [5, 5.41) is 0. The van der Waals surface area contributed by atoms with Gasteiger partial charge in [-0.1, -0.05) is 0 Å². The molecule has 11 heavy (non-hydrogen) atoms. The second kappa shape index (κ2) is 17.9. The van der Waals surface area contributed by atoms with Crippen molar-refractivity contribution in [2.75, 3.05) is 40.0 Å². The van der Waals surface area contributed by atoms with E-state index >= 15 is 0 Å². The van der Waals surface area contributed by atoms with Crippen LogP contribution < -0.4 is 0 Å². The Kier molecular flexibility index (Phi) is 30.4. The maximum atomic E-state index is 4.76. The summed E-state index contributed by atoms with van der Waals surface area (Å²) in [7, 11) is 9.77. The van der Waals surface area contributed by atoms with Crippen LogP contribution in [0.1, 0.15) is 0 Å². The fourth-order valence-electron chi connectivity index (χ4n) is 0. The molecule has 0 saturated carbocycles. The van der Waals surface area contributed by atoms with Crippen molar-refractivity contribution in [2.24, 2.45) is 0 Å². The average molecular weight is 281 g/mol. The van der Waals surface area contributed by atoms with Gasteiger partial charge in [-0.15, -0.1) is 0 Å². The van der Waals surface area contributed by atoms with Crippen LogP contribution in [0.3, 0.4) is 0 Å². The van der Waals surface area contributed by atoms with Crippen molar-refractivity contribution in [3.05, 3.63) is 0 Å². The van der Waals surface area contributed by atoms with Crippen LogP contribution >= 0.6 is 36.0 Å². The fourth-order valence-corrected chi connectivity index (χ4v) is 0. The van der Waals surface area contributed by atoms with Gasteiger partial charge in [0.1, 0.15) is 0 Å². The molecule has 74 valence electrons. The Labute approximate surface area is 88.9 Å². The summed E-state index contributed by atoms with van der Waals surface area (Å²) in [4.78, 5) is 0. The van der Waals surface area contributed by atoms with Crippen LogP contribution in [-0.2, 0) is 13.1 Å². The van der Waals surface area contributed by atoms with Gasteiger partial charge in [-0.25, -0.2) is 0 Å². The molecule has 0 radical (unpaired) electrons. The zero-order valence-corrected chi connectivity index (χ0v) is 12.7. The standard InChI is InChI=1S/2C3H9P.2ClH.Fe/c2*1-4(2)3;;;/h2*1-3H3;2*1H;/q;;;;+2. The third-order valence-corrected chi connectivity index (χ3v) is 0. The second-order valence-corrected chi connectivity index (χ2v) is 10.9. The first-order valence-electron chi connectivity index (χ1n) is 3.27. The van der Waals surface area contributed by atoms with E-state index in [1.807, 2.05) is 0 Å². The van der Waals surface area contributed by atoms with Crippen molar-refractivity contribution in [1.82, 2.24) is 0 Å². The molecule has 0 fully saturated rings. The molecule has 0 aliphatic heterocycles. The van der Waals surface area contributed by atoms with E-state index < -0.39 is 0 Å². The average Bonchev–Trinajstić information content (AvgIpc) is 1.60. The summed E-state index contributed by atoms with van der Waals surface area (Å²) >= 11 is 0.194. The van der Waals surface area contributed by atoms with Crippen molar-refractivity contribution in [3.63, 3.8) is 0 Å². The molecular formula is C6H20Cl2FeP2+2. The van der Waals surface area contributed by atoms with Gasteiger partial charge in [0.15, 0.2) is 0 Å². The molecule has 5 heteroatoms. The monoisotopic (exact) mass is 280 g/mol. The van der Waals surface area contributed by atoms with Crippen molar-refractivity contribution in [2.45, 2.75) is 0 Å². The molecule has 0 atom stereocenters. The summed E-state index contributed by atoms with van der Waals surface area (Å²) in [5.41, 5.74) is 0. The topological polar surface area (TPSA) is 0 Å². The summed E-state index contributed by atoms with van der Waals surface area (Å²) in [6.07, 6.45) is 0. The molecule has 0 spiro atoms. The van der Waals surface area contributed by atoms with Gasteiger partial charge in [0.05, 0.1) is 0 Å². The molecule has 0 aliphatic rings. The number of hydrogen-bond acceptors (Lipinski definition) is 0. The van der Waals surface area contributed by atoms with Gasteiger partial charge < -0.3 is 0 Å². The fraction of sp³-hybridized carbons (Fsp3) is 1.00. The zero-order chi connectivity index (χ0) is 9.86. The molecule has 0 amide bonds. The van der Waals surface area contributed by atoms with Crippen LogP contribution in [0.4, 0.5) is 0 Å². The van der Waals surface area contributed by atoms with Crippen LogP contribution in [0.15, 0.2) is 0 Å². The Bertz CT molecular complexity index is 42.3. The number of halogens is 2. The van der Waals surface area contributed by atoms with Gasteiger partial charge in [0.25, 0.3) is 0 Å². The summed E-state index contributed by atoms with van der Waals surface area (Å²) in [5.74, 6) is 0. The van der Waals surface area contributed by atoms with E-state index in [9.17, 15) is 0 Å². The summed E-state index contributed by atoms with van der Waals surface area (Å²) < 4.78 is 0. The van der Waals surface area contributed by atoms with Gasteiger partial charge in [-0.2, -0.15) is 0 Å². The molecule has 0 aromatic heterocycles. The first-order chi connectivity index (χ1) is 4.88. The first kappa shape index (κ1) is 18.7. The predicted octanol–water partition coefficient (Wildman–Crippen LogP) is 3.56. The van der Waals surface area contributed by atoms with Crippen molar-refractivity contribution >= 4 is 36.0 Å². The second-order valence-electron chi connectivity index (χ2n) is 3.05. The number of hydrogen-bond donors (Lipinski definition) is 0. The summed E-state index contributed by atoms with van der Waals surface area (Å²) in [6, 6.07) is 0. The van der Waals surface area contributed by atoms with E-state index in [1.54, 1.807) is 0 Å². The quantitative estimate of drug-likeness (QED) is 0.470. The van der Waals surface area contributed by atoms with E-state index in [0.29, 0.717) is 0 Å². The predicted molar refractivity (Wildman–Crippen MR) is 63.9 cm³/mol. The van der Waals surface area contributed by atoms with E-state index in [-0.39, 0.29) is 29.0 Å². The van der Waals surface area contributed by atoms with Gasteiger partial charge >= 0.3 is 33.3 Å². The molecule has 0 aromatic rings. The molecular weight excluding hydrogens is 261 g/mol. The maximum absolute atomic E-state index is 4.76. The molecule has 0 saturated heterocycles. The minimum absolute atomic E-state index is 0.120. The van der Waals surface area contributed by atoms with Gasteiger partial charge in [0, 0.05) is 40.0 Å². The Hall–Kier alpha value is 1.96. The van der Waals surface area contributed by atoms with E-state index in [1.165, 1.54) is 0 Å². The normalized spacial score (nSPS) is 8.55. The molecule has 0 rings (SSSR count). The Balaban J connectivity index is -0.0000000886. The molecule has 0 bridgehead atoms. The Morgan fingerprint density at radius 3 is 0.727 bits per heavy atom. The Morgan fingerprint density at radius 2 is 0.727 bits per heavy atom. The van der Waals surface area contributed by atoms with Gasteiger partial charge in [-0.3, -0.25) is 0 Å². The van der Waals surface area contributed by atoms with E-state index in [2.05, 4.69) is 40.0 Å². The third kappa shape index (κ3) is 309. The zero-order valence-electron chi connectivity index (χ0n) is 8.11. The van der Waals surface area contributed by atoms with E-state index in [4.69, 9.17) is 20.2 Å². The molecule has 0 N–H and O–H groups in total. The van der Waals surface area contributed by atoms with Crippen LogP contribution in [0.2, 0.25) is 0 Å². The SMILES string of the molecule is C[PH+](C)C.C[PH+](C)C.[Cl][Fe][Cl]. The van der Waals surface area contributed by atoms with Crippen molar-refractivity contribution < 1.29 is 13.1 Å². The first-order valence-corrected chi connectivity index (χ1v) is 12.3. The van der Waals surface area contributed by atoms with Crippen LogP contribution in [-0.4, -0.2) is 40.0 Å². The van der Waals surface area contributed by atoms with Crippen LogP contribution in [0, 0.1) is 0 Å². The van der Waals surface area contributed by atoms with Crippen LogP contribution in [0.5, 0.6) is 0 Å². The number of rotatable bonds is 0.